The van der Waals surface area contributed by atoms with E-state index in [4.69, 9.17) is 0 Å². The van der Waals surface area contributed by atoms with Gasteiger partial charge in [0.15, 0.2) is 0 Å². The summed E-state index contributed by atoms with van der Waals surface area (Å²) in [6.45, 7) is 0. The van der Waals surface area contributed by atoms with Gasteiger partial charge in [0.05, 0.1) is 14.2 Å². The number of rotatable bonds is 2. The molecule has 0 saturated carbocycles. The van der Waals surface area contributed by atoms with Crippen LogP contribution < -0.4 is 0 Å². The SMILES string of the molecule is COS(=O)(=O)OC.S. The fourth-order valence-electron chi connectivity index (χ4n) is 0.0680. The third kappa shape index (κ3) is 4.38. The fourth-order valence-corrected chi connectivity index (χ4v) is 0.204. The van der Waals surface area contributed by atoms with Gasteiger partial charge < -0.3 is 0 Å². The van der Waals surface area contributed by atoms with Crippen molar-refractivity contribution in [1.82, 2.24) is 0 Å². The lowest BCUT2D eigenvalue weighted by Gasteiger charge is -1.91. The molecule has 0 unspecified atom stereocenters. The van der Waals surface area contributed by atoms with E-state index in [0.717, 1.165) is 14.2 Å². The highest BCUT2D eigenvalue weighted by atomic mass is 32.3. The summed E-state index contributed by atoms with van der Waals surface area (Å²) >= 11 is 0. The lowest BCUT2D eigenvalue weighted by Crippen LogP contribution is -2.02. The monoisotopic (exact) mass is 160 g/mol. The van der Waals surface area contributed by atoms with Gasteiger partial charge in [0.25, 0.3) is 0 Å². The van der Waals surface area contributed by atoms with Gasteiger partial charge in [-0.2, -0.15) is 21.9 Å². The predicted molar refractivity (Wildman–Crippen MR) is 33.3 cm³/mol. The highest BCUT2D eigenvalue weighted by Gasteiger charge is 2.01. The van der Waals surface area contributed by atoms with Gasteiger partial charge in [-0.25, -0.2) is 0 Å². The first-order chi connectivity index (χ1) is 3.12. The minimum absolute atomic E-state index is 0. The smallest absolute Gasteiger partial charge is 0.252 e. The van der Waals surface area contributed by atoms with Crippen molar-refractivity contribution in [1.29, 1.82) is 0 Å². The molecule has 8 heavy (non-hydrogen) atoms. The maximum absolute atomic E-state index is 9.92. The first kappa shape index (κ1) is 11.1. The third-order valence-corrected chi connectivity index (χ3v) is 1.22. The second-order valence-electron chi connectivity index (χ2n) is 0.742. The molecule has 0 aliphatic carbocycles. The van der Waals surface area contributed by atoms with Crippen LogP contribution in [0.1, 0.15) is 0 Å². The van der Waals surface area contributed by atoms with Crippen molar-refractivity contribution in [3.8, 4) is 0 Å². The van der Waals surface area contributed by atoms with Gasteiger partial charge in [0, 0.05) is 0 Å². The van der Waals surface area contributed by atoms with E-state index in [1.165, 1.54) is 0 Å². The van der Waals surface area contributed by atoms with E-state index in [9.17, 15) is 8.42 Å². The fraction of sp³-hybridized carbons (Fsp3) is 1.00. The lowest BCUT2D eigenvalue weighted by atomic mass is 11.8. The number of hydrogen-bond donors (Lipinski definition) is 0. The predicted octanol–water partition coefficient (Wildman–Crippen LogP) is -0.363. The topological polar surface area (TPSA) is 52.6 Å². The van der Waals surface area contributed by atoms with Gasteiger partial charge in [0.1, 0.15) is 0 Å². The third-order valence-electron chi connectivity index (χ3n) is 0.408. The second kappa shape index (κ2) is 4.13. The Morgan fingerprint density at radius 1 is 1.12 bits per heavy atom. The zero-order valence-corrected chi connectivity index (χ0v) is 6.36. The minimum atomic E-state index is -3.66. The van der Waals surface area contributed by atoms with Crippen molar-refractivity contribution in [3.05, 3.63) is 0 Å². The lowest BCUT2D eigenvalue weighted by molar-refractivity contribution is 0.286. The molecule has 0 aliphatic heterocycles. The molecule has 0 rings (SSSR count). The quantitative estimate of drug-likeness (QED) is 0.553. The first-order valence-electron chi connectivity index (χ1n) is 1.48. The van der Waals surface area contributed by atoms with Crippen molar-refractivity contribution in [2.45, 2.75) is 0 Å². The molecule has 0 aliphatic rings. The van der Waals surface area contributed by atoms with Crippen LogP contribution in [-0.2, 0) is 18.8 Å². The van der Waals surface area contributed by atoms with Crippen molar-refractivity contribution < 1.29 is 16.8 Å². The highest BCUT2D eigenvalue weighted by molar-refractivity contribution is 7.81. The average Bonchev–Trinajstić information content (AvgIpc) is 1.68. The summed E-state index contributed by atoms with van der Waals surface area (Å²) in [6, 6.07) is 0. The highest BCUT2D eigenvalue weighted by Crippen LogP contribution is 1.85. The zero-order chi connectivity index (χ0) is 5.91. The summed E-state index contributed by atoms with van der Waals surface area (Å²) in [7, 11) is -1.60. The van der Waals surface area contributed by atoms with Crippen LogP contribution in [0.15, 0.2) is 0 Å². The standard InChI is InChI=1S/C2H6O4S.H2S/c1-5-7(3,4)6-2;/h1-2H3;1H2. The van der Waals surface area contributed by atoms with Gasteiger partial charge in [-0.1, -0.05) is 0 Å². The Morgan fingerprint density at radius 3 is 1.38 bits per heavy atom. The van der Waals surface area contributed by atoms with E-state index in [2.05, 4.69) is 8.37 Å². The van der Waals surface area contributed by atoms with Crippen LogP contribution in [0.3, 0.4) is 0 Å². The van der Waals surface area contributed by atoms with Gasteiger partial charge in [-0.15, -0.1) is 0 Å². The van der Waals surface area contributed by atoms with Gasteiger partial charge in [-0.05, 0) is 0 Å². The Balaban J connectivity index is 0. The molecule has 6 heteroatoms. The molecule has 4 nitrogen and oxygen atoms in total. The summed E-state index contributed by atoms with van der Waals surface area (Å²) in [5, 5.41) is 0. The summed E-state index contributed by atoms with van der Waals surface area (Å²) in [5.74, 6) is 0. The Hall–Kier alpha value is 0.220. The van der Waals surface area contributed by atoms with Crippen LogP contribution in [0.4, 0.5) is 0 Å². The van der Waals surface area contributed by atoms with Gasteiger partial charge in [0.2, 0.25) is 0 Å². The molecule has 0 amide bonds. The molecule has 0 aromatic rings. The molecule has 0 heterocycles. The Bertz CT molecular complexity index is 115. The minimum Gasteiger partial charge on any atom is -0.252 e. The average molecular weight is 160 g/mol. The largest absolute Gasteiger partial charge is 0.399 e. The molecule has 52 valence electrons. The molecule has 0 aromatic heterocycles. The molecular formula is C2H8O4S2. The Kier molecular flexibility index (Phi) is 5.72. The van der Waals surface area contributed by atoms with Crippen LogP contribution in [0.2, 0.25) is 0 Å². The van der Waals surface area contributed by atoms with Crippen LogP contribution >= 0.6 is 13.5 Å². The Morgan fingerprint density at radius 2 is 1.38 bits per heavy atom. The molecular weight excluding hydrogens is 152 g/mol. The van der Waals surface area contributed by atoms with E-state index >= 15 is 0 Å². The second-order valence-corrected chi connectivity index (χ2v) is 2.22. The van der Waals surface area contributed by atoms with E-state index in [-0.39, 0.29) is 13.5 Å². The van der Waals surface area contributed by atoms with E-state index < -0.39 is 10.4 Å². The summed E-state index contributed by atoms with van der Waals surface area (Å²) in [4.78, 5) is 0. The summed E-state index contributed by atoms with van der Waals surface area (Å²) in [6.07, 6.45) is 0. The molecule has 0 spiro atoms. The van der Waals surface area contributed by atoms with Crippen LogP contribution in [-0.4, -0.2) is 22.6 Å². The molecule has 0 fully saturated rings. The Labute approximate surface area is 55.6 Å². The van der Waals surface area contributed by atoms with Crippen LogP contribution in [0, 0.1) is 0 Å². The first-order valence-corrected chi connectivity index (χ1v) is 2.82. The molecule has 0 N–H and O–H groups in total. The van der Waals surface area contributed by atoms with Gasteiger partial charge in [-0.3, -0.25) is 8.37 Å². The molecule has 0 atom stereocenters. The van der Waals surface area contributed by atoms with Crippen LogP contribution in [0.25, 0.3) is 0 Å². The van der Waals surface area contributed by atoms with Gasteiger partial charge >= 0.3 is 10.4 Å². The summed E-state index contributed by atoms with van der Waals surface area (Å²) in [5.41, 5.74) is 0. The van der Waals surface area contributed by atoms with E-state index in [1.54, 1.807) is 0 Å². The van der Waals surface area contributed by atoms with Crippen LogP contribution in [0.5, 0.6) is 0 Å². The van der Waals surface area contributed by atoms with E-state index in [1.807, 2.05) is 0 Å². The molecule has 0 saturated heterocycles. The maximum atomic E-state index is 9.92. The normalized spacial score (nSPS) is 10.2. The summed E-state index contributed by atoms with van der Waals surface area (Å²) < 4.78 is 27.5. The van der Waals surface area contributed by atoms with E-state index in [0.29, 0.717) is 0 Å². The van der Waals surface area contributed by atoms with Crippen molar-refractivity contribution >= 4 is 23.9 Å². The molecule has 0 aromatic carbocycles. The van der Waals surface area contributed by atoms with Crippen molar-refractivity contribution in [2.24, 2.45) is 0 Å². The van der Waals surface area contributed by atoms with Crippen molar-refractivity contribution in [2.75, 3.05) is 14.2 Å². The molecule has 0 bridgehead atoms. The van der Waals surface area contributed by atoms with Crippen molar-refractivity contribution in [3.63, 3.8) is 0 Å². The maximum Gasteiger partial charge on any atom is 0.399 e. The molecule has 0 radical (unpaired) electrons. The zero-order valence-electron chi connectivity index (χ0n) is 4.54. The number of hydrogen-bond acceptors (Lipinski definition) is 4.